The lowest BCUT2D eigenvalue weighted by molar-refractivity contribution is 0.182. The Morgan fingerprint density at radius 2 is 2.11 bits per heavy atom. The van der Waals surface area contributed by atoms with Crippen LogP contribution in [0.3, 0.4) is 0 Å². The minimum absolute atomic E-state index is 0.573. The van der Waals surface area contributed by atoms with Gasteiger partial charge in [-0.15, -0.1) is 0 Å². The van der Waals surface area contributed by atoms with Crippen molar-refractivity contribution in [2.45, 2.75) is 12.8 Å². The SMILES string of the molecule is OC1c2ccccc2CN1c1ccc2nc[nH]c2c1. The summed E-state index contributed by atoms with van der Waals surface area (Å²) in [5.74, 6) is 0. The van der Waals surface area contributed by atoms with Crippen LogP contribution in [-0.4, -0.2) is 15.1 Å². The van der Waals surface area contributed by atoms with E-state index in [0.29, 0.717) is 0 Å². The van der Waals surface area contributed by atoms with Crippen molar-refractivity contribution in [3.8, 4) is 0 Å². The number of H-pyrrole nitrogens is 1. The van der Waals surface area contributed by atoms with E-state index in [0.717, 1.165) is 28.8 Å². The summed E-state index contributed by atoms with van der Waals surface area (Å²) in [4.78, 5) is 9.30. The predicted molar refractivity (Wildman–Crippen MR) is 73.7 cm³/mol. The van der Waals surface area contributed by atoms with Crippen LogP contribution >= 0.6 is 0 Å². The average molecular weight is 251 g/mol. The topological polar surface area (TPSA) is 52.1 Å². The van der Waals surface area contributed by atoms with Crippen molar-refractivity contribution in [1.29, 1.82) is 0 Å². The van der Waals surface area contributed by atoms with Crippen LogP contribution in [0.25, 0.3) is 11.0 Å². The number of rotatable bonds is 1. The van der Waals surface area contributed by atoms with Gasteiger partial charge in [0.15, 0.2) is 6.23 Å². The number of hydrogen-bond donors (Lipinski definition) is 2. The third-order valence-corrected chi connectivity index (χ3v) is 3.70. The molecule has 1 unspecified atom stereocenters. The summed E-state index contributed by atoms with van der Waals surface area (Å²) in [5, 5.41) is 10.4. The van der Waals surface area contributed by atoms with Crippen LogP contribution in [0.15, 0.2) is 48.8 Å². The molecular weight excluding hydrogens is 238 g/mol. The van der Waals surface area contributed by atoms with Crippen molar-refractivity contribution in [3.05, 3.63) is 59.9 Å². The average Bonchev–Trinajstić information content (AvgIpc) is 3.03. The molecule has 0 spiro atoms. The number of anilines is 1. The van der Waals surface area contributed by atoms with Crippen LogP contribution < -0.4 is 4.90 Å². The van der Waals surface area contributed by atoms with Crippen molar-refractivity contribution >= 4 is 16.7 Å². The number of aliphatic hydroxyl groups excluding tert-OH is 1. The maximum absolute atomic E-state index is 10.4. The van der Waals surface area contributed by atoms with E-state index in [2.05, 4.69) is 16.0 Å². The van der Waals surface area contributed by atoms with Crippen LogP contribution in [0, 0.1) is 0 Å². The molecule has 19 heavy (non-hydrogen) atoms. The van der Waals surface area contributed by atoms with E-state index in [4.69, 9.17) is 0 Å². The molecule has 2 N–H and O–H groups in total. The zero-order valence-electron chi connectivity index (χ0n) is 10.2. The van der Waals surface area contributed by atoms with Gasteiger partial charge in [0, 0.05) is 17.8 Å². The summed E-state index contributed by atoms with van der Waals surface area (Å²) >= 11 is 0. The Kier molecular flexibility index (Phi) is 2.13. The van der Waals surface area contributed by atoms with Gasteiger partial charge in [-0.25, -0.2) is 4.98 Å². The van der Waals surface area contributed by atoms with Gasteiger partial charge < -0.3 is 15.0 Å². The van der Waals surface area contributed by atoms with Gasteiger partial charge in [-0.2, -0.15) is 0 Å². The van der Waals surface area contributed by atoms with E-state index < -0.39 is 6.23 Å². The van der Waals surface area contributed by atoms with Crippen LogP contribution in [0.4, 0.5) is 5.69 Å². The highest BCUT2D eigenvalue weighted by Gasteiger charge is 2.28. The number of benzene rings is 2. The van der Waals surface area contributed by atoms with Crippen LogP contribution in [-0.2, 0) is 6.54 Å². The molecule has 4 heteroatoms. The lowest BCUT2D eigenvalue weighted by atomic mass is 10.1. The van der Waals surface area contributed by atoms with Crippen molar-refractivity contribution in [2.75, 3.05) is 4.90 Å². The lowest BCUT2D eigenvalue weighted by Gasteiger charge is -2.22. The zero-order chi connectivity index (χ0) is 12.8. The van der Waals surface area contributed by atoms with E-state index in [1.165, 1.54) is 5.56 Å². The summed E-state index contributed by atoms with van der Waals surface area (Å²) in [7, 11) is 0. The van der Waals surface area contributed by atoms with Crippen LogP contribution in [0.5, 0.6) is 0 Å². The summed E-state index contributed by atoms with van der Waals surface area (Å²) in [6.07, 6.45) is 1.11. The Hall–Kier alpha value is -2.33. The van der Waals surface area contributed by atoms with Gasteiger partial charge in [0.25, 0.3) is 0 Å². The summed E-state index contributed by atoms with van der Waals surface area (Å²) in [5.41, 5.74) is 5.10. The maximum atomic E-state index is 10.4. The molecule has 0 radical (unpaired) electrons. The van der Waals surface area contributed by atoms with Gasteiger partial charge in [0.1, 0.15) is 0 Å². The number of aromatic amines is 1. The number of hydrogen-bond acceptors (Lipinski definition) is 3. The van der Waals surface area contributed by atoms with Crippen LogP contribution in [0.1, 0.15) is 17.4 Å². The molecule has 1 aliphatic rings. The van der Waals surface area contributed by atoms with E-state index in [-0.39, 0.29) is 0 Å². The third kappa shape index (κ3) is 1.54. The summed E-state index contributed by atoms with van der Waals surface area (Å²) in [6.45, 7) is 0.733. The largest absolute Gasteiger partial charge is 0.369 e. The van der Waals surface area contributed by atoms with Gasteiger partial charge in [0.2, 0.25) is 0 Å². The molecule has 2 aromatic carbocycles. The third-order valence-electron chi connectivity index (χ3n) is 3.70. The fourth-order valence-electron chi connectivity index (χ4n) is 2.70. The first-order chi connectivity index (χ1) is 9.33. The Bertz CT molecular complexity index is 750. The fraction of sp³-hybridized carbons (Fsp3) is 0.133. The minimum atomic E-state index is -0.573. The molecule has 2 heterocycles. The number of nitrogens with one attached hydrogen (secondary N) is 1. The molecule has 0 bridgehead atoms. The number of aliphatic hydroxyl groups is 1. The van der Waals surface area contributed by atoms with Gasteiger partial charge in [-0.3, -0.25) is 0 Å². The molecule has 1 aromatic heterocycles. The number of imidazole rings is 1. The van der Waals surface area contributed by atoms with E-state index in [1.807, 2.05) is 41.3 Å². The minimum Gasteiger partial charge on any atom is -0.369 e. The number of nitrogens with zero attached hydrogens (tertiary/aromatic N) is 2. The molecule has 4 rings (SSSR count). The second-order valence-electron chi connectivity index (χ2n) is 4.80. The number of fused-ring (bicyclic) bond motifs is 2. The molecule has 0 amide bonds. The Labute approximate surface area is 110 Å². The molecular formula is C15H13N3O. The van der Waals surface area contributed by atoms with Gasteiger partial charge in [0.05, 0.1) is 17.4 Å². The standard InChI is InChI=1S/C15H13N3O/c19-15-12-4-2-1-3-10(12)8-18(15)11-5-6-13-14(7-11)17-9-16-13/h1-7,9,15,19H,8H2,(H,16,17). The Morgan fingerprint density at radius 3 is 3.00 bits per heavy atom. The maximum Gasteiger partial charge on any atom is 0.153 e. The molecule has 0 saturated carbocycles. The Morgan fingerprint density at radius 1 is 1.21 bits per heavy atom. The first-order valence-corrected chi connectivity index (χ1v) is 6.28. The first kappa shape index (κ1) is 10.6. The summed E-state index contributed by atoms with van der Waals surface area (Å²) in [6, 6.07) is 14.0. The molecule has 94 valence electrons. The summed E-state index contributed by atoms with van der Waals surface area (Å²) < 4.78 is 0. The van der Waals surface area contributed by atoms with E-state index >= 15 is 0 Å². The lowest BCUT2D eigenvalue weighted by Crippen LogP contribution is -2.20. The zero-order valence-corrected chi connectivity index (χ0v) is 10.2. The van der Waals surface area contributed by atoms with E-state index in [1.54, 1.807) is 6.33 Å². The van der Waals surface area contributed by atoms with Crippen molar-refractivity contribution in [1.82, 2.24) is 9.97 Å². The Balaban J connectivity index is 1.78. The van der Waals surface area contributed by atoms with Crippen molar-refractivity contribution in [3.63, 3.8) is 0 Å². The number of aromatic nitrogens is 2. The molecule has 3 aromatic rings. The highest BCUT2D eigenvalue weighted by molar-refractivity contribution is 5.79. The van der Waals surface area contributed by atoms with Gasteiger partial charge >= 0.3 is 0 Å². The highest BCUT2D eigenvalue weighted by Crippen LogP contribution is 2.36. The first-order valence-electron chi connectivity index (χ1n) is 6.28. The smallest absolute Gasteiger partial charge is 0.153 e. The second kappa shape index (κ2) is 3.83. The van der Waals surface area contributed by atoms with Crippen molar-refractivity contribution < 1.29 is 5.11 Å². The fourth-order valence-corrected chi connectivity index (χ4v) is 2.70. The molecule has 4 nitrogen and oxygen atoms in total. The quantitative estimate of drug-likeness (QED) is 0.699. The second-order valence-corrected chi connectivity index (χ2v) is 4.80. The van der Waals surface area contributed by atoms with Crippen LogP contribution in [0.2, 0.25) is 0 Å². The highest BCUT2D eigenvalue weighted by atomic mass is 16.3. The molecule has 1 atom stereocenters. The molecule has 1 aliphatic heterocycles. The molecule has 0 fully saturated rings. The van der Waals surface area contributed by atoms with Gasteiger partial charge in [-0.05, 0) is 23.8 Å². The van der Waals surface area contributed by atoms with Crippen molar-refractivity contribution in [2.24, 2.45) is 0 Å². The van der Waals surface area contributed by atoms with Gasteiger partial charge in [-0.1, -0.05) is 24.3 Å². The monoisotopic (exact) mass is 251 g/mol. The van der Waals surface area contributed by atoms with E-state index in [9.17, 15) is 5.11 Å². The molecule has 0 aliphatic carbocycles. The normalized spacial score (nSPS) is 17.9. The molecule has 0 saturated heterocycles. The predicted octanol–water partition coefficient (Wildman–Crippen LogP) is 2.57.